The second-order valence-electron chi connectivity index (χ2n) is 5.94. The van der Waals surface area contributed by atoms with Crippen LogP contribution in [0.3, 0.4) is 0 Å². The molecule has 2 unspecified atom stereocenters. The Kier molecular flexibility index (Phi) is 4.58. The lowest BCUT2D eigenvalue weighted by atomic mass is 9.81. The maximum absolute atomic E-state index is 12.9. The number of fused-ring (bicyclic) bond motifs is 1. The first-order valence-corrected chi connectivity index (χ1v) is 8.28. The molecule has 1 aliphatic heterocycles. The van der Waals surface area contributed by atoms with E-state index in [1.165, 1.54) is 0 Å². The molecule has 1 N–H and O–H groups in total. The highest BCUT2D eigenvalue weighted by molar-refractivity contribution is 6.30. The Morgan fingerprint density at radius 1 is 1.17 bits per heavy atom. The summed E-state index contributed by atoms with van der Waals surface area (Å²) in [6, 6.07) is 13.9. The number of halogens is 1. The first kappa shape index (κ1) is 16.5. The van der Waals surface area contributed by atoms with Gasteiger partial charge in [0.25, 0.3) is 5.91 Å². The summed E-state index contributed by atoms with van der Waals surface area (Å²) in [5.74, 6) is -1.73. The maximum atomic E-state index is 12.9. The molecule has 1 aliphatic rings. The van der Waals surface area contributed by atoms with E-state index in [0.29, 0.717) is 29.1 Å². The topological polar surface area (TPSA) is 57.6 Å². The average molecular weight is 344 g/mol. The summed E-state index contributed by atoms with van der Waals surface area (Å²) in [5, 5.41) is 10.4. The molecule has 2 aromatic rings. The van der Waals surface area contributed by atoms with Crippen molar-refractivity contribution in [3.8, 4) is 0 Å². The van der Waals surface area contributed by atoms with Crippen LogP contribution in [0.25, 0.3) is 0 Å². The van der Waals surface area contributed by atoms with Crippen LogP contribution < -0.4 is 0 Å². The van der Waals surface area contributed by atoms with Crippen molar-refractivity contribution < 1.29 is 14.7 Å². The zero-order valence-electron chi connectivity index (χ0n) is 13.3. The van der Waals surface area contributed by atoms with Gasteiger partial charge >= 0.3 is 5.97 Å². The highest BCUT2D eigenvalue weighted by Gasteiger charge is 2.42. The number of nitrogens with zero attached hydrogens (tertiary/aromatic N) is 1. The Hall–Kier alpha value is -2.33. The van der Waals surface area contributed by atoms with Crippen LogP contribution in [0.5, 0.6) is 0 Å². The lowest BCUT2D eigenvalue weighted by molar-refractivity contribution is -0.140. The van der Waals surface area contributed by atoms with Crippen molar-refractivity contribution in [3.63, 3.8) is 0 Å². The van der Waals surface area contributed by atoms with Crippen molar-refractivity contribution in [2.75, 3.05) is 0 Å². The standard InChI is InChI=1S/C19H18ClNO3/c1-2-16-17(19(23)24)14-5-3-4-6-15(14)18(22)21(16)11-12-7-9-13(20)10-8-12/h3-10,16-17H,2,11H2,1H3,(H,23,24). The van der Waals surface area contributed by atoms with Crippen molar-refractivity contribution in [1.29, 1.82) is 0 Å². The lowest BCUT2D eigenvalue weighted by Crippen LogP contribution is -2.49. The average Bonchev–Trinajstić information content (AvgIpc) is 2.58. The van der Waals surface area contributed by atoms with E-state index in [0.717, 1.165) is 5.56 Å². The van der Waals surface area contributed by atoms with Crippen LogP contribution in [0.2, 0.25) is 5.02 Å². The maximum Gasteiger partial charge on any atom is 0.313 e. The summed E-state index contributed by atoms with van der Waals surface area (Å²) in [4.78, 5) is 26.5. The van der Waals surface area contributed by atoms with E-state index >= 15 is 0 Å². The van der Waals surface area contributed by atoms with E-state index < -0.39 is 11.9 Å². The van der Waals surface area contributed by atoms with Crippen molar-refractivity contribution in [3.05, 3.63) is 70.2 Å². The minimum atomic E-state index is -0.900. The SMILES string of the molecule is CCC1C(C(=O)O)c2ccccc2C(=O)N1Cc1ccc(Cl)cc1. The van der Waals surface area contributed by atoms with E-state index in [-0.39, 0.29) is 11.9 Å². The number of hydrogen-bond donors (Lipinski definition) is 1. The number of carboxylic acids is 1. The Bertz CT molecular complexity index is 772. The van der Waals surface area contributed by atoms with Gasteiger partial charge in [0.15, 0.2) is 0 Å². The van der Waals surface area contributed by atoms with Crippen molar-refractivity contribution in [2.45, 2.75) is 31.8 Å². The summed E-state index contributed by atoms with van der Waals surface area (Å²) >= 11 is 5.91. The fraction of sp³-hybridized carbons (Fsp3) is 0.263. The molecule has 124 valence electrons. The van der Waals surface area contributed by atoms with E-state index in [4.69, 9.17) is 11.6 Å². The number of amides is 1. The molecule has 24 heavy (non-hydrogen) atoms. The number of aliphatic carboxylic acids is 1. The molecule has 4 nitrogen and oxygen atoms in total. The number of carboxylic acid groups (broad SMARTS) is 1. The highest BCUT2D eigenvalue weighted by atomic mass is 35.5. The predicted molar refractivity (Wildman–Crippen MR) is 92.2 cm³/mol. The third-order valence-electron chi connectivity index (χ3n) is 4.52. The quantitative estimate of drug-likeness (QED) is 0.914. The lowest BCUT2D eigenvalue weighted by Gasteiger charge is -2.40. The zero-order valence-corrected chi connectivity index (χ0v) is 14.0. The molecule has 0 saturated heterocycles. The molecule has 5 heteroatoms. The second kappa shape index (κ2) is 6.65. The van der Waals surface area contributed by atoms with E-state index in [9.17, 15) is 14.7 Å². The second-order valence-corrected chi connectivity index (χ2v) is 6.37. The van der Waals surface area contributed by atoms with E-state index in [1.54, 1.807) is 41.3 Å². The van der Waals surface area contributed by atoms with Crippen LogP contribution in [0.15, 0.2) is 48.5 Å². The van der Waals surface area contributed by atoms with Crippen LogP contribution in [0.4, 0.5) is 0 Å². The Balaban J connectivity index is 2.03. The van der Waals surface area contributed by atoms with Gasteiger partial charge in [-0.3, -0.25) is 9.59 Å². The molecule has 2 atom stereocenters. The van der Waals surface area contributed by atoms with Crippen LogP contribution in [0, 0.1) is 0 Å². The van der Waals surface area contributed by atoms with Crippen molar-refractivity contribution in [2.24, 2.45) is 0 Å². The fourth-order valence-corrected chi connectivity index (χ4v) is 3.51. The normalized spacial score (nSPS) is 19.9. The Morgan fingerprint density at radius 3 is 2.46 bits per heavy atom. The predicted octanol–water partition coefficient (Wildman–Crippen LogP) is 3.94. The molecule has 0 radical (unpaired) electrons. The number of carbonyl (C=O) groups excluding carboxylic acids is 1. The molecule has 0 saturated carbocycles. The van der Waals surface area contributed by atoms with Gasteiger partial charge in [0.2, 0.25) is 0 Å². The van der Waals surface area contributed by atoms with Gasteiger partial charge in [0.05, 0.1) is 0 Å². The van der Waals surface area contributed by atoms with Gasteiger partial charge in [-0.25, -0.2) is 0 Å². The van der Waals surface area contributed by atoms with Crippen LogP contribution in [-0.2, 0) is 11.3 Å². The summed E-state index contributed by atoms with van der Waals surface area (Å²) in [5.41, 5.74) is 2.01. The van der Waals surface area contributed by atoms with E-state index in [1.807, 2.05) is 19.1 Å². The monoisotopic (exact) mass is 343 g/mol. The number of carbonyl (C=O) groups is 2. The summed E-state index contributed by atoms with van der Waals surface area (Å²) < 4.78 is 0. The van der Waals surface area contributed by atoms with Gasteiger partial charge in [0, 0.05) is 23.2 Å². The van der Waals surface area contributed by atoms with Crippen LogP contribution in [0.1, 0.15) is 40.7 Å². The van der Waals surface area contributed by atoms with Gasteiger partial charge in [-0.2, -0.15) is 0 Å². The third kappa shape index (κ3) is 2.89. The van der Waals surface area contributed by atoms with Gasteiger partial charge in [0.1, 0.15) is 5.92 Å². The first-order chi connectivity index (χ1) is 11.5. The van der Waals surface area contributed by atoms with Gasteiger partial charge < -0.3 is 10.0 Å². The Labute approximate surface area is 145 Å². The summed E-state index contributed by atoms with van der Waals surface area (Å²) in [6.07, 6.45) is 0.574. The molecule has 3 rings (SSSR count). The van der Waals surface area contributed by atoms with Gasteiger partial charge in [-0.05, 0) is 35.7 Å². The number of benzene rings is 2. The van der Waals surface area contributed by atoms with E-state index in [2.05, 4.69) is 0 Å². The molecular formula is C19H18ClNO3. The molecule has 0 bridgehead atoms. The van der Waals surface area contributed by atoms with Crippen LogP contribution in [-0.4, -0.2) is 27.9 Å². The summed E-state index contributed by atoms with van der Waals surface area (Å²) in [7, 11) is 0. The molecule has 1 amide bonds. The minimum Gasteiger partial charge on any atom is -0.481 e. The smallest absolute Gasteiger partial charge is 0.313 e. The highest BCUT2D eigenvalue weighted by Crippen LogP contribution is 2.36. The summed E-state index contributed by atoms with van der Waals surface area (Å²) in [6.45, 7) is 2.28. The molecule has 0 aromatic heterocycles. The molecule has 2 aromatic carbocycles. The largest absolute Gasteiger partial charge is 0.481 e. The molecule has 0 spiro atoms. The molecule has 0 fully saturated rings. The van der Waals surface area contributed by atoms with Crippen molar-refractivity contribution >= 4 is 23.5 Å². The van der Waals surface area contributed by atoms with Crippen LogP contribution >= 0.6 is 11.6 Å². The zero-order chi connectivity index (χ0) is 17.3. The van der Waals surface area contributed by atoms with Crippen molar-refractivity contribution in [1.82, 2.24) is 4.90 Å². The molecular weight excluding hydrogens is 326 g/mol. The first-order valence-electron chi connectivity index (χ1n) is 7.90. The molecule has 0 aliphatic carbocycles. The fourth-order valence-electron chi connectivity index (χ4n) is 3.38. The number of hydrogen-bond acceptors (Lipinski definition) is 2. The minimum absolute atomic E-state index is 0.120. The van der Waals surface area contributed by atoms with Gasteiger partial charge in [-0.1, -0.05) is 48.9 Å². The number of rotatable bonds is 4. The van der Waals surface area contributed by atoms with Gasteiger partial charge in [-0.15, -0.1) is 0 Å². The third-order valence-corrected chi connectivity index (χ3v) is 4.77. The Morgan fingerprint density at radius 2 is 1.83 bits per heavy atom. The molecule has 1 heterocycles.